The molecule has 1 rings (SSSR count). The Kier molecular flexibility index (Phi) is 5.46. The van der Waals surface area contributed by atoms with Crippen LogP contribution in [-0.4, -0.2) is 36.5 Å². The maximum Gasteiger partial charge on any atom is 0.337 e. The molecule has 0 saturated heterocycles. The van der Waals surface area contributed by atoms with E-state index >= 15 is 0 Å². The van der Waals surface area contributed by atoms with Gasteiger partial charge in [-0.3, -0.25) is 9.59 Å². The molecule has 0 aromatic heterocycles. The summed E-state index contributed by atoms with van der Waals surface area (Å²) in [5.41, 5.74) is 0.673. The maximum atomic E-state index is 12.1. The van der Waals surface area contributed by atoms with Gasteiger partial charge in [-0.15, -0.1) is 0 Å². The van der Waals surface area contributed by atoms with Gasteiger partial charge in [0, 0.05) is 26.9 Å². The number of hydrogen-bond donors (Lipinski definition) is 1. The first-order chi connectivity index (χ1) is 9.84. The molecule has 114 valence electrons. The fraction of sp³-hybridized carbons (Fsp3) is 0.400. The lowest BCUT2D eigenvalue weighted by Gasteiger charge is -2.28. The minimum absolute atomic E-state index is 0.00394. The monoisotopic (exact) mass is 292 g/mol. The van der Waals surface area contributed by atoms with Crippen molar-refractivity contribution in [2.24, 2.45) is 0 Å². The van der Waals surface area contributed by atoms with Crippen LogP contribution in [0.5, 0.6) is 0 Å². The highest BCUT2D eigenvalue weighted by Gasteiger charge is 2.25. The van der Waals surface area contributed by atoms with E-state index in [1.807, 2.05) is 0 Å². The highest BCUT2D eigenvalue weighted by molar-refractivity contribution is 6.08. The van der Waals surface area contributed by atoms with Crippen molar-refractivity contribution in [3.63, 3.8) is 0 Å². The van der Waals surface area contributed by atoms with E-state index in [1.165, 1.54) is 22.8 Å². The van der Waals surface area contributed by atoms with Gasteiger partial charge in [-0.2, -0.15) is 0 Å². The summed E-state index contributed by atoms with van der Waals surface area (Å²) < 4.78 is 0. The second kappa shape index (κ2) is 6.88. The Morgan fingerprint density at radius 3 is 2.24 bits per heavy atom. The standard InChI is InChI=1S/C15H20N2O4/c1-5-13(19)17(6-2)14-11(15(20)21)8-7-9-12(14)16(4)10(3)18/h7-9H,5-6H2,1-4H3,(H,20,21). The first-order valence-electron chi connectivity index (χ1n) is 6.76. The molecule has 0 unspecified atom stereocenters. The fourth-order valence-corrected chi connectivity index (χ4v) is 2.08. The van der Waals surface area contributed by atoms with Crippen molar-refractivity contribution in [1.29, 1.82) is 0 Å². The normalized spacial score (nSPS) is 10.1. The van der Waals surface area contributed by atoms with Crippen LogP contribution < -0.4 is 9.80 Å². The van der Waals surface area contributed by atoms with E-state index in [0.717, 1.165) is 0 Å². The number of rotatable bonds is 5. The Morgan fingerprint density at radius 1 is 1.19 bits per heavy atom. The summed E-state index contributed by atoms with van der Waals surface area (Å²) >= 11 is 0. The molecule has 21 heavy (non-hydrogen) atoms. The van der Waals surface area contributed by atoms with Crippen molar-refractivity contribution in [2.75, 3.05) is 23.4 Å². The number of benzene rings is 1. The van der Waals surface area contributed by atoms with Gasteiger partial charge in [0.1, 0.15) is 0 Å². The second-order valence-electron chi connectivity index (χ2n) is 4.55. The predicted octanol–water partition coefficient (Wildman–Crippen LogP) is 2.13. The van der Waals surface area contributed by atoms with E-state index in [0.29, 0.717) is 12.2 Å². The van der Waals surface area contributed by atoms with Crippen molar-refractivity contribution in [3.8, 4) is 0 Å². The van der Waals surface area contributed by atoms with E-state index < -0.39 is 5.97 Å². The number of carbonyl (C=O) groups is 3. The topological polar surface area (TPSA) is 77.9 Å². The van der Waals surface area contributed by atoms with Gasteiger partial charge >= 0.3 is 5.97 Å². The van der Waals surface area contributed by atoms with Crippen LogP contribution in [0.15, 0.2) is 18.2 Å². The molecule has 1 N–H and O–H groups in total. The summed E-state index contributed by atoms with van der Waals surface area (Å²) in [6.45, 7) is 5.19. The molecule has 1 aromatic carbocycles. The van der Waals surface area contributed by atoms with Gasteiger partial charge in [-0.25, -0.2) is 4.79 Å². The Labute approximate surface area is 124 Å². The SMILES string of the molecule is CCC(=O)N(CC)c1c(C(=O)O)cccc1N(C)C(C)=O. The van der Waals surface area contributed by atoms with Crippen LogP contribution in [-0.2, 0) is 9.59 Å². The predicted molar refractivity (Wildman–Crippen MR) is 80.8 cm³/mol. The average Bonchev–Trinajstić information content (AvgIpc) is 2.46. The zero-order chi connectivity index (χ0) is 16.2. The summed E-state index contributed by atoms with van der Waals surface area (Å²) in [5.74, 6) is -1.56. The van der Waals surface area contributed by atoms with E-state index in [4.69, 9.17) is 0 Å². The third-order valence-corrected chi connectivity index (χ3v) is 3.27. The second-order valence-corrected chi connectivity index (χ2v) is 4.55. The van der Waals surface area contributed by atoms with E-state index in [1.54, 1.807) is 33.0 Å². The quantitative estimate of drug-likeness (QED) is 0.901. The number of aromatic carboxylic acids is 1. The minimum Gasteiger partial charge on any atom is -0.478 e. The highest BCUT2D eigenvalue weighted by atomic mass is 16.4. The zero-order valence-corrected chi connectivity index (χ0v) is 12.7. The third kappa shape index (κ3) is 3.39. The van der Waals surface area contributed by atoms with Gasteiger partial charge in [0.05, 0.1) is 16.9 Å². The van der Waals surface area contributed by atoms with Crippen LogP contribution in [0.25, 0.3) is 0 Å². The van der Waals surface area contributed by atoms with Crippen molar-refractivity contribution in [1.82, 2.24) is 0 Å². The molecule has 0 spiro atoms. The molecule has 0 atom stereocenters. The van der Waals surface area contributed by atoms with E-state index in [2.05, 4.69) is 0 Å². The lowest BCUT2D eigenvalue weighted by atomic mass is 10.1. The average molecular weight is 292 g/mol. The summed E-state index contributed by atoms with van der Waals surface area (Å²) in [6.07, 6.45) is 0.255. The van der Waals surface area contributed by atoms with Crippen molar-refractivity contribution < 1.29 is 19.5 Å². The lowest BCUT2D eigenvalue weighted by molar-refractivity contribution is -0.118. The molecule has 2 amide bonds. The summed E-state index contributed by atoms with van der Waals surface area (Å²) in [4.78, 5) is 37.9. The largest absolute Gasteiger partial charge is 0.478 e. The Hall–Kier alpha value is -2.37. The van der Waals surface area contributed by atoms with Crippen molar-refractivity contribution >= 4 is 29.2 Å². The number of hydrogen-bond acceptors (Lipinski definition) is 3. The van der Waals surface area contributed by atoms with Crippen molar-refractivity contribution in [2.45, 2.75) is 27.2 Å². The molecule has 1 aromatic rings. The van der Waals surface area contributed by atoms with Crippen LogP contribution >= 0.6 is 0 Å². The maximum absolute atomic E-state index is 12.1. The number of anilines is 2. The molecule has 0 bridgehead atoms. The van der Waals surface area contributed by atoms with Crippen LogP contribution in [0.4, 0.5) is 11.4 Å². The molecule has 0 aliphatic heterocycles. The summed E-state index contributed by atoms with van der Waals surface area (Å²) in [6, 6.07) is 4.63. The summed E-state index contributed by atoms with van der Waals surface area (Å²) in [5, 5.41) is 9.37. The molecular formula is C15H20N2O4. The smallest absolute Gasteiger partial charge is 0.337 e. The van der Waals surface area contributed by atoms with Gasteiger partial charge in [-0.1, -0.05) is 13.0 Å². The van der Waals surface area contributed by atoms with Gasteiger partial charge in [0.25, 0.3) is 0 Å². The van der Waals surface area contributed by atoms with E-state index in [9.17, 15) is 19.5 Å². The van der Waals surface area contributed by atoms with Crippen LogP contribution in [0, 0.1) is 0 Å². The van der Waals surface area contributed by atoms with Crippen LogP contribution in [0.3, 0.4) is 0 Å². The molecular weight excluding hydrogens is 272 g/mol. The molecule has 0 radical (unpaired) electrons. The molecule has 0 saturated carbocycles. The molecule has 6 heteroatoms. The lowest BCUT2D eigenvalue weighted by Crippen LogP contribution is -2.34. The Morgan fingerprint density at radius 2 is 1.81 bits per heavy atom. The molecule has 0 fully saturated rings. The number of amides is 2. The first-order valence-corrected chi connectivity index (χ1v) is 6.76. The third-order valence-electron chi connectivity index (χ3n) is 3.27. The number of nitrogens with zero attached hydrogens (tertiary/aromatic N) is 2. The fourth-order valence-electron chi connectivity index (χ4n) is 2.08. The minimum atomic E-state index is -1.13. The first kappa shape index (κ1) is 16.7. The molecule has 0 aliphatic carbocycles. The van der Waals surface area contributed by atoms with Crippen molar-refractivity contribution in [3.05, 3.63) is 23.8 Å². The van der Waals surface area contributed by atoms with E-state index in [-0.39, 0.29) is 29.5 Å². The number of para-hydroxylation sites is 1. The number of carboxylic acids is 1. The molecule has 6 nitrogen and oxygen atoms in total. The number of carbonyl (C=O) groups excluding carboxylic acids is 2. The van der Waals surface area contributed by atoms with Gasteiger partial charge < -0.3 is 14.9 Å². The molecule has 0 aliphatic rings. The molecule has 0 heterocycles. The van der Waals surface area contributed by atoms with Gasteiger partial charge in [-0.05, 0) is 19.1 Å². The van der Waals surface area contributed by atoms with Gasteiger partial charge in [0.15, 0.2) is 0 Å². The van der Waals surface area contributed by atoms with Crippen LogP contribution in [0.1, 0.15) is 37.6 Å². The zero-order valence-electron chi connectivity index (χ0n) is 12.7. The highest BCUT2D eigenvalue weighted by Crippen LogP contribution is 2.33. The number of carboxylic acid groups (broad SMARTS) is 1. The van der Waals surface area contributed by atoms with Crippen LogP contribution in [0.2, 0.25) is 0 Å². The van der Waals surface area contributed by atoms with Gasteiger partial charge in [0.2, 0.25) is 11.8 Å². The Balaban J connectivity index is 3.59. The summed E-state index contributed by atoms with van der Waals surface area (Å²) in [7, 11) is 1.55. The Bertz CT molecular complexity index is 569.